The van der Waals surface area contributed by atoms with Crippen LogP contribution in [-0.4, -0.2) is 57.9 Å². The zero-order valence-electron chi connectivity index (χ0n) is 21.6. The summed E-state index contributed by atoms with van der Waals surface area (Å²) in [6.07, 6.45) is 4.16. The zero-order valence-corrected chi connectivity index (χ0v) is 24.8. The molecule has 2 aromatic carbocycles. The lowest BCUT2D eigenvalue weighted by molar-refractivity contribution is -0.124. The van der Waals surface area contributed by atoms with Crippen LogP contribution in [0.3, 0.4) is 0 Å². The van der Waals surface area contributed by atoms with Gasteiger partial charge in [-0.1, -0.05) is 18.2 Å². The number of hydrogen-bond donors (Lipinski definition) is 2. The molecule has 0 radical (unpaired) electrons. The molecule has 10 nitrogen and oxygen atoms in total. The summed E-state index contributed by atoms with van der Waals surface area (Å²) in [6.45, 7) is 6.55. The molecule has 0 aliphatic heterocycles. The Labute approximate surface area is 236 Å². The average molecular weight is 648 g/mol. The third-order valence-electron chi connectivity index (χ3n) is 5.14. The van der Waals surface area contributed by atoms with Crippen LogP contribution in [0, 0.1) is 0 Å². The molecule has 0 saturated heterocycles. The van der Waals surface area contributed by atoms with Crippen LogP contribution in [0.25, 0.3) is 22.3 Å². The predicted octanol–water partition coefficient (Wildman–Crippen LogP) is 5.35. The van der Waals surface area contributed by atoms with Crippen molar-refractivity contribution in [3.63, 3.8) is 0 Å². The molecule has 0 fully saturated rings. The highest BCUT2D eigenvalue weighted by atomic mass is 127. The molecule has 2 aromatic heterocycles. The number of amides is 1. The lowest BCUT2D eigenvalue weighted by Gasteiger charge is -2.20. The summed E-state index contributed by atoms with van der Waals surface area (Å²) in [5, 5.41) is 11.4. The Balaban J connectivity index is 1.68. The monoisotopic (exact) mass is 648 g/mol. The molecule has 1 atom stereocenters. The van der Waals surface area contributed by atoms with Gasteiger partial charge in [-0.25, -0.2) is 14.4 Å². The zero-order chi connectivity index (χ0) is 27.1. The van der Waals surface area contributed by atoms with Crippen LogP contribution in [-0.2, 0) is 9.53 Å². The van der Waals surface area contributed by atoms with E-state index in [1.54, 1.807) is 19.4 Å². The van der Waals surface area contributed by atoms with Gasteiger partial charge in [0.1, 0.15) is 23.9 Å². The molecular formula is C26H30IN6O4P. The lowest BCUT2D eigenvalue weighted by atomic mass is 10.1. The van der Waals surface area contributed by atoms with Crippen LogP contribution in [0.5, 0.6) is 11.5 Å². The molecule has 38 heavy (non-hydrogen) atoms. The molecule has 4 aromatic rings. The van der Waals surface area contributed by atoms with E-state index in [1.807, 2.05) is 67.8 Å². The van der Waals surface area contributed by atoms with Crippen LogP contribution in [0.4, 0.5) is 11.5 Å². The molecule has 1 amide bonds. The molecule has 0 bridgehead atoms. The van der Waals surface area contributed by atoms with Gasteiger partial charge in [-0.05, 0) is 67.1 Å². The maximum Gasteiger partial charge on any atom is 0.258 e. The van der Waals surface area contributed by atoms with Crippen molar-refractivity contribution < 1.29 is 19.0 Å². The van der Waals surface area contributed by atoms with Crippen LogP contribution >= 0.6 is 28.4 Å². The van der Waals surface area contributed by atoms with E-state index in [4.69, 9.17) is 24.2 Å². The van der Waals surface area contributed by atoms with Gasteiger partial charge in [0, 0.05) is 18.2 Å². The molecule has 0 aliphatic rings. The smallest absolute Gasteiger partial charge is 0.258 e. The predicted molar refractivity (Wildman–Crippen MR) is 159 cm³/mol. The number of carbonyl (C=O) groups is 1. The van der Waals surface area contributed by atoms with Crippen molar-refractivity contribution in [2.24, 2.45) is 0 Å². The third-order valence-corrected chi connectivity index (χ3v) is 7.04. The molecule has 200 valence electrons. The van der Waals surface area contributed by atoms with E-state index in [0.29, 0.717) is 48.2 Å². The molecule has 2 N–H and O–H groups in total. The fraction of sp³-hybridized carbons (Fsp3) is 0.308. The van der Waals surface area contributed by atoms with Crippen LogP contribution in [0.15, 0.2) is 54.9 Å². The first-order valence-corrected chi connectivity index (χ1v) is 16.0. The van der Waals surface area contributed by atoms with Gasteiger partial charge >= 0.3 is 0 Å². The largest absolute Gasteiger partial charge is 0.490 e. The summed E-state index contributed by atoms with van der Waals surface area (Å²) in [5.41, 5.74) is 1.93. The second-order valence-corrected chi connectivity index (χ2v) is 11.5. The number of methoxy groups -OCH3 is 1. The molecule has 12 heteroatoms. The second-order valence-electron chi connectivity index (χ2n) is 9.39. The highest BCUT2D eigenvalue weighted by Crippen LogP contribution is 2.35. The number of nitrogens with one attached hydrogen (secondary N) is 2. The summed E-state index contributed by atoms with van der Waals surface area (Å²) in [7, 11) is 1.63. The summed E-state index contributed by atoms with van der Waals surface area (Å²) >= 11 is 2.27. The van der Waals surface area contributed by atoms with Crippen molar-refractivity contribution in [3.05, 3.63) is 54.9 Å². The van der Waals surface area contributed by atoms with Gasteiger partial charge in [-0.2, -0.15) is 5.10 Å². The lowest BCUT2D eigenvalue weighted by Crippen LogP contribution is -2.43. The second kappa shape index (κ2) is 12.7. The Bertz CT molecular complexity index is 1410. The number of fused-ring (bicyclic) bond motifs is 1. The van der Waals surface area contributed by atoms with Crippen LogP contribution in [0.1, 0.15) is 20.8 Å². The van der Waals surface area contributed by atoms with E-state index in [0.717, 1.165) is 16.6 Å². The molecule has 0 spiro atoms. The Morgan fingerprint density at radius 3 is 2.66 bits per heavy atom. The van der Waals surface area contributed by atoms with Crippen molar-refractivity contribution >= 4 is 56.7 Å². The quantitative estimate of drug-likeness (QED) is 0.127. The van der Waals surface area contributed by atoms with Crippen molar-refractivity contribution in [1.82, 2.24) is 24.8 Å². The van der Waals surface area contributed by atoms with Crippen molar-refractivity contribution in [1.29, 1.82) is 0 Å². The number of benzene rings is 2. The Hall–Kier alpha value is -3.02. The van der Waals surface area contributed by atoms with Gasteiger partial charge in [0.2, 0.25) is 0 Å². The maximum atomic E-state index is 12.2. The van der Waals surface area contributed by atoms with Crippen molar-refractivity contribution in [2.45, 2.75) is 26.3 Å². The number of carbonyl (C=O) groups excluding carboxylic acids is 1. The summed E-state index contributed by atoms with van der Waals surface area (Å²) in [5.74, 6) is 2.10. The van der Waals surface area contributed by atoms with E-state index in [1.165, 1.54) is 0 Å². The van der Waals surface area contributed by atoms with Gasteiger partial charge in [-0.3, -0.25) is 4.79 Å². The number of aromatic nitrogens is 4. The number of hydrogen-bond acceptors (Lipinski definition) is 8. The minimum Gasteiger partial charge on any atom is -0.490 e. The van der Waals surface area contributed by atoms with Crippen molar-refractivity contribution in [3.8, 4) is 22.9 Å². The SMILES string of the molecule is COCCOc1cccc2nc(-c3cccc(OCC(=O)NC(C)(C)C)c3)nc(Nc3cnn(PI)c3)c12. The minimum absolute atomic E-state index is 0.0876. The van der Waals surface area contributed by atoms with Gasteiger partial charge in [0.05, 0.1) is 42.0 Å². The fourth-order valence-electron chi connectivity index (χ4n) is 3.62. The fourth-order valence-corrected chi connectivity index (χ4v) is 4.71. The standard InChI is InChI=1S/C26H30IN6O4P/c1-26(2,3)32-22(34)16-37-19-8-5-7-17(13-19)24-30-20-9-6-10-21(36-12-11-35-4)23(20)25(31-24)29-18-14-28-33(15-18)38-27/h5-10,13-15,38H,11-12,16H2,1-4H3,(H,32,34)(H,29,30,31). The van der Waals surface area contributed by atoms with Crippen molar-refractivity contribution in [2.75, 3.05) is 32.2 Å². The Kier molecular flexibility index (Phi) is 9.35. The Morgan fingerprint density at radius 1 is 1.11 bits per heavy atom. The first-order valence-electron chi connectivity index (χ1n) is 11.9. The number of rotatable bonds is 11. The first-order chi connectivity index (χ1) is 18.3. The number of halogens is 1. The number of anilines is 2. The first kappa shape index (κ1) is 28.0. The van der Waals surface area contributed by atoms with E-state index in [2.05, 4.69) is 37.8 Å². The van der Waals surface area contributed by atoms with E-state index >= 15 is 0 Å². The van der Waals surface area contributed by atoms with E-state index in [-0.39, 0.29) is 18.1 Å². The molecule has 1 unspecified atom stereocenters. The number of nitrogens with zero attached hydrogens (tertiary/aromatic N) is 4. The average Bonchev–Trinajstić information content (AvgIpc) is 3.34. The van der Waals surface area contributed by atoms with E-state index in [9.17, 15) is 4.79 Å². The molecule has 4 rings (SSSR count). The van der Waals surface area contributed by atoms with Crippen LogP contribution < -0.4 is 20.1 Å². The third kappa shape index (κ3) is 7.52. The van der Waals surface area contributed by atoms with Gasteiger partial charge in [-0.15, -0.1) is 0 Å². The minimum atomic E-state index is -0.329. The van der Waals surface area contributed by atoms with Gasteiger partial charge < -0.3 is 24.8 Å². The number of ether oxygens (including phenoxy) is 3. The highest BCUT2D eigenvalue weighted by Gasteiger charge is 2.17. The summed E-state index contributed by atoms with van der Waals surface area (Å²) in [6, 6.07) is 13.1. The topological polar surface area (TPSA) is 112 Å². The summed E-state index contributed by atoms with van der Waals surface area (Å²) < 4.78 is 18.7. The Morgan fingerprint density at radius 2 is 1.92 bits per heavy atom. The normalized spacial score (nSPS) is 11.7. The molecule has 0 aliphatic carbocycles. The molecular weight excluding hydrogens is 618 g/mol. The summed E-state index contributed by atoms with van der Waals surface area (Å²) in [4.78, 5) is 21.9. The highest BCUT2D eigenvalue weighted by molar-refractivity contribution is 14.2. The maximum absolute atomic E-state index is 12.2. The van der Waals surface area contributed by atoms with E-state index < -0.39 is 0 Å². The molecule has 2 heterocycles. The molecule has 0 saturated carbocycles. The van der Waals surface area contributed by atoms with Gasteiger partial charge in [0.15, 0.2) is 12.4 Å². The van der Waals surface area contributed by atoms with Crippen LogP contribution in [0.2, 0.25) is 0 Å². The van der Waals surface area contributed by atoms with Gasteiger partial charge in [0.25, 0.3) is 5.91 Å².